The first kappa shape index (κ1) is 10.4. The fraction of sp³-hybridized carbons (Fsp3) is 0.182. The monoisotopic (exact) mass is 193 g/mol. The van der Waals surface area contributed by atoms with E-state index in [-0.39, 0.29) is 24.1 Å². The van der Waals surface area contributed by atoms with E-state index in [1.807, 2.05) is 0 Å². The van der Waals surface area contributed by atoms with Crippen LogP contribution >= 0.6 is 0 Å². The molecule has 0 spiro atoms. The topological polar surface area (TPSA) is 43.1 Å². The number of hydrogen-bond donors (Lipinski definition) is 1. The van der Waals surface area contributed by atoms with Crippen LogP contribution in [0.3, 0.4) is 0 Å². The third kappa shape index (κ3) is 2.69. The number of primary amides is 1. The average Bonchev–Trinajstić information content (AvgIpc) is 2.15. The second-order valence-electron chi connectivity index (χ2n) is 3.06. The third-order valence-corrected chi connectivity index (χ3v) is 2.00. The smallest absolute Gasteiger partial charge is 0.218 e. The Morgan fingerprint density at radius 1 is 1.50 bits per heavy atom. The predicted molar refractivity (Wildman–Crippen MR) is 53.1 cm³/mol. The van der Waals surface area contributed by atoms with Gasteiger partial charge in [-0.15, -0.1) is 6.58 Å². The molecule has 0 saturated heterocycles. The lowest BCUT2D eigenvalue weighted by molar-refractivity contribution is -0.118. The highest BCUT2D eigenvalue weighted by atomic mass is 19.1. The molecule has 0 aliphatic rings. The van der Waals surface area contributed by atoms with Crippen LogP contribution in [0, 0.1) is 5.82 Å². The molecular formula is C11H12FNO. The van der Waals surface area contributed by atoms with Crippen molar-refractivity contribution >= 4 is 5.91 Å². The second-order valence-corrected chi connectivity index (χ2v) is 3.06. The summed E-state index contributed by atoms with van der Waals surface area (Å²) < 4.78 is 12.6. The summed E-state index contributed by atoms with van der Waals surface area (Å²) in [7, 11) is 0. The van der Waals surface area contributed by atoms with Gasteiger partial charge in [0.25, 0.3) is 0 Å². The number of carbonyl (C=O) groups excluding carboxylic acids is 1. The highest BCUT2D eigenvalue weighted by molar-refractivity contribution is 5.75. The molecule has 1 atom stereocenters. The summed E-state index contributed by atoms with van der Waals surface area (Å²) in [6.07, 6.45) is 1.84. The van der Waals surface area contributed by atoms with Crippen LogP contribution in [0.2, 0.25) is 0 Å². The molecule has 1 rings (SSSR count). The lowest BCUT2D eigenvalue weighted by Gasteiger charge is -2.09. The number of amides is 1. The van der Waals surface area contributed by atoms with Gasteiger partial charge in [0.15, 0.2) is 0 Å². The van der Waals surface area contributed by atoms with Crippen molar-refractivity contribution in [1.82, 2.24) is 0 Å². The predicted octanol–water partition coefficient (Wildman–Crippen LogP) is 1.97. The van der Waals surface area contributed by atoms with Crippen molar-refractivity contribution < 1.29 is 9.18 Å². The molecule has 0 unspecified atom stereocenters. The van der Waals surface area contributed by atoms with Gasteiger partial charge in [0.05, 0.1) is 0 Å². The number of rotatable bonds is 4. The summed E-state index contributed by atoms with van der Waals surface area (Å²) >= 11 is 0. The summed E-state index contributed by atoms with van der Waals surface area (Å²) in [4.78, 5) is 10.7. The SMILES string of the molecule is C=C[C@H](CC(N)=O)c1ccc(F)cc1. The molecule has 0 bridgehead atoms. The van der Waals surface area contributed by atoms with E-state index in [1.54, 1.807) is 18.2 Å². The van der Waals surface area contributed by atoms with E-state index >= 15 is 0 Å². The van der Waals surface area contributed by atoms with Gasteiger partial charge < -0.3 is 5.73 Å². The van der Waals surface area contributed by atoms with E-state index in [1.165, 1.54) is 12.1 Å². The quantitative estimate of drug-likeness (QED) is 0.730. The number of allylic oxidation sites excluding steroid dienone is 1. The van der Waals surface area contributed by atoms with Gasteiger partial charge in [-0.3, -0.25) is 4.79 Å². The number of halogens is 1. The lowest BCUT2D eigenvalue weighted by Crippen LogP contribution is -2.14. The minimum absolute atomic E-state index is 0.131. The fourth-order valence-corrected chi connectivity index (χ4v) is 1.26. The second kappa shape index (κ2) is 4.56. The number of hydrogen-bond acceptors (Lipinski definition) is 1. The molecule has 0 aliphatic heterocycles. The van der Waals surface area contributed by atoms with Gasteiger partial charge in [-0.1, -0.05) is 18.2 Å². The standard InChI is InChI=1S/C11H12FNO/c1-2-8(7-11(13)14)9-3-5-10(12)6-4-9/h2-6,8H,1,7H2,(H2,13,14)/t8-/m1/s1. The van der Waals surface area contributed by atoms with E-state index in [9.17, 15) is 9.18 Å². The number of nitrogens with two attached hydrogens (primary N) is 1. The Morgan fingerprint density at radius 2 is 2.07 bits per heavy atom. The third-order valence-electron chi connectivity index (χ3n) is 2.00. The van der Waals surface area contributed by atoms with Crippen molar-refractivity contribution in [2.45, 2.75) is 12.3 Å². The molecule has 1 amide bonds. The zero-order valence-corrected chi connectivity index (χ0v) is 7.74. The molecule has 0 heterocycles. The van der Waals surface area contributed by atoms with Crippen LogP contribution in [0.1, 0.15) is 17.9 Å². The van der Waals surface area contributed by atoms with Gasteiger partial charge in [0.1, 0.15) is 5.82 Å². The summed E-state index contributed by atoms with van der Waals surface area (Å²) in [5, 5.41) is 0. The highest BCUT2D eigenvalue weighted by Crippen LogP contribution is 2.20. The van der Waals surface area contributed by atoms with E-state index in [4.69, 9.17) is 5.73 Å². The molecule has 74 valence electrons. The average molecular weight is 193 g/mol. The first-order chi connectivity index (χ1) is 6.63. The highest BCUT2D eigenvalue weighted by Gasteiger charge is 2.10. The van der Waals surface area contributed by atoms with Gasteiger partial charge in [-0.25, -0.2) is 4.39 Å². The van der Waals surface area contributed by atoms with Crippen molar-refractivity contribution in [3.05, 3.63) is 48.3 Å². The molecule has 0 fully saturated rings. The Bertz CT molecular complexity index is 332. The minimum Gasteiger partial charge on any atom is -0.370 e. The van der Waals surface area contributed by atoms with Crippen molar-refractivity contribution in [3.63, 3.8) is 0 Å². The summed E-state index contributed by atoms with van der Waals surface area (Å²) in [5.41, 5.74) is 5.92. The van der Waals surface area contributed by atoms with Crippen LogP contribution in [0.15, 0.2) is 36.9 Å². The maximum Gasteiger partial charge on any atom is 0.218 e. The zero-order chi connectivity index (χ0) is 10.6. The van der Waals surface area contributed by atoms with Gasteiger partial charge in [0, 0.05) is 12.3 Å². The first-order valence-corrected chi connectivity index (χ1v) is 4.30. The van der Waals surface area contributed by atoms with E-state index < -0.39 is 0 Å². The van der Waals surface area contributed by atoms with Gasteiger partial charge in [-0.05, 0) is 17.7 Å². The van der Waals surface area contributed by atoms with E-state index in [2.05, 4.69) is 6.58 Å². The van der Waals surface area contributed by atoms with Crippen LogP contribution < -0.4 is 5.73 Å². The van der Waals surface area contributed by atoms with Gasteiger partial charge >= 0.3 is 0 Å². The Morgan fingerprint density at radius 3 is 2.50 bits per heavy atom. The van der Waals surface area contributed by atoms with E-state index in [0.717, 1.165) is 5.56 Å². The van der Waals surface area contributed by atoms with Crippen LogP contribution in [0.25, 0.3) is 0 Å². The number of carbonyl (C=O) groups is 1. The Kier molecular flexibility index (Phi) is 3.40. The van der Waals surface area contributed by atoms with Crippen molar-refractivity contribution in [2.75, 3.05) is 0 Å². The van der Waals surface area contributed by atoms with Crippen LogP contribution in [0.5, 0.6) is 0 Å². The summed E-state index contributed by atoms with van der Waals surface area (Å²) in [6.45, 7) is 3.61. The minimum atomic E-state index is -0.390. The normalized spacial score (nSPS) is 12.1. The molecule has 1 aromatic carbocycles. The van der Waals surface area contributed by atoms with Gasteiger partial charge in [0.2, 0.25) is 5.91 Å². The Balaban J connectivity index is 2.84. The number of benzene rings is 1. The van der Waals surface area contributed by atoms with Crippen LogP contribution in [0.4, 0.5) is 4.39 Å². The van der Waals surface area contributed by atoms with Crippen LogP contribution in [-0.4, -0.2) is 5.91 Å². The van der Waals surface area contributed by atoms with Crippen molar-refractivity contribution in [2.24, 2.45) is 5.73 Å². The molecule has 0 aromatic heterocycles. The first-order valence-electron chi connectivity index (χ1n) is 4.30. The maximum atomic E-state index is 12.6. The molecule has 3 heteroatoms. The maximum absolute atomic E-state index is 12.6. The Hall–Kier alpha value is -1.64. The van der Waals surface area contributed by atoms with E-state index in [0.29, 0.717) is 0 Å². The summed E-state index contributed by atoms with van der Waals surface area (Å²) in [5.74, 6) is -0.817. The zero-order valence-electron chi connectivity index (χ0n) is 7.74. The molecule has 1 aromatic rings. The summed E-state index contributed by atoms with van der Waals surface area (Å²) in [6, 6.07) is 5.97. The molecule has 0 aliphatic carbocycles. The Labute approximate surface area is 82.2 Å². The molecule has 2 nitrogen and oxygen atoms in total. The van der Waals surface area contributed by atoms with Crippen LogP contribution in [-0.2, 0) is 4.79 Å². The molecule has 14 heavy (non-hydrogen) atoms. The van der Waals surface area contributed by atoms with Crippen molar-refractivity contribution in [1.29, 1.82) is 0 Å². The largest absolute Gasteiger partial charge is 0.370 e. The lowest BCUT2D eigenvalue weighted by atomic mass is 9.96. The molecule has 0 radical (unpaired) electrons. The van der Waals surface area contributed by atoms with Crippen molar-refractivity contribution in [3.8, 4) is 0 Å². The molecule has 2 N–H and O–H groups in total. The fourth-order valence-electron chi connectivity index (χ4n) is 1.26. The molecular weight excluding hydrogens is 181 g/mol. The van der Waals surface area contributed by atoms with Gasteiger partial charge in [-0.2, -0.15) is 0 Å². The molecule has 0 saturated carbocycles.